The summed E-state index contributed by atoms with van der Waals surface area (Å²) in [6.45, 7) is 2.70. The van der Waals surface area contributed by atoms with Gasteiger partial charge in [0.25, 0.3) is 0 Å². The number of carbonyl (C=O) groups excluding carboxylic acids is 1. The SMILES string of the molecule is CC1(O)CCCN(C(=O)C2CCCC2C(=O)O)C1. The molecule has 0 aromatic heterocycles. The molecule has 2 rings (SSSR count). The lowest BCUT2D eigenvalue weighted by Gasteiger charge is -2.38. The van der Waals surface area contributed by atoms with Crippen LogP contribution in [-0.2, 0) is 9.59 Å². The molecule has 5 heteroatoms. The Kier molecular flexibility index (Phi) is 3.61. The highest BCUT2D eigenvalue weighted by Gasteiger charge is 2.41. The third kappa shape index (κ3) is 2.66. The first-order valence-corrected chi connectivity index (χ1v) is 6.65. The smallest absolute Gasteiger partial charge is 0.307 e. The van der Waals surface area contributed by atoms with Crippen LogP contribution in [0.2, 0.25) is 0 Å². The topological polar surface area (TPSA) is 77.8 Å². The summed E-state index contributed by atoms with van der Waals surface area (Å²) >= 11 is 0. The Morgan fingerprint density at radius 1 is 1.22 bits per heavy atom. The van der Waals surface area contributed by atoms with Gasteiger partial charge in [-0.2, -0.15) is 0 Å². The highest BCUT2D eigenvalue weighted by Crippen LogP contribution is 2.34. The molecule has 1 aliphatic heterocycles. The van der Waals surface area contributed by atoms with Crippen LogP contribution in [0.3, 0.4) is 0 Å². The monoisotopic (exact) mass is 255 g/mol. The highest BCUT2D eigenvalue weighted by atomic mass is 16.4. The van der Waals surface area contributed by atoms with E-state index in [2.05, 4.69) is 0 Å². The van der Waals surface area contributed by atoms with Crippen molar-refractivity contribution >= 4 is 11.9 Å². The molecule has 0 aromatic rings. The minimum Gasteiger partial charge on any atom is -0.481 e. The molecule has 0 spiro atoms. The van der Waals surface area contributed by atoms with Crippen molar-refractivity contribution in [3.05, 3.63) is 0 Å². The second-order valence-corrected chi connectivity index (χ2v) is 5.84. The zero-order chi connectivity index (χ0) is 13.3. The van der Waals surface area contributed by atoms with E-state index in [-0.39, 0.29) is 5.91 Å². The van der Waals surface area contributed by atoms with Crippen LogP contribution in [0.5, 0.6) is 0 Å². The fourth-order valence-electron chi connectivity index (χ4n) is 3.19. The minimum atomic E-state index is -0.866. The first-order chi connectivity index (χ1) is 8.41. The molecule has 2 fully saturated rings. The van der Waals surface area contributed by atoms with Gasteiger partial charge in [-0.3, -0.25) is 9.59 Å². The Bertz CT molecular complexity index is 353. The van der Waals surface area contributed by atoms with E-state index in [0.717, 1.165) is 12.8 Å². The molecule has 1 aliphatic carbocycles. The maximum absolute atomic E-state index is 12.4. The Labute approximate surface area is 107 Å². The average Bonchev–Trinajstić information content (AvgIpc) is 2.75. The molecular formula is C13H21NO4. The molecule has 0 bridgehead atoms. The average molecular weight is 255 g/mol. The number of nitrogens with zero attached hydrogens (tertiary/aromatic N) is 1. The summed E-state index contributed by atoms with van der Waals surface area (Å²) in [5.41, 5.74) is -0.828. The highest BCUT2D eigenvalue weighted by molar-refractivity contribution is 5.85. The Balaban J connectivity index is 2.04. The number of β-amino-alcohol motifs (C(OH)–C–C–N with tert-alkyl or cyclic N) is 1. The molecule has 3 atom stereocenters. The zero-order valence-corrected chi connectivity index (χ0v) is 10.8. The summed E-state index contributed by atoms with van der Waals surface area (Å²) in [7, 11) is 0. The van der Waals surface area contributed by atoms with Crippen LogP contribution in [0, 0.1) is 11.8 Å². The van der Waals surface area contributed by atoms with Crippen molar-refractivity contribution in [3.8, 4) is 0 Å². The maximum Gasteiger partial charge on any atom is 0.307 e. The van der Waals surface area contributed by atoms with Gasteiger partial charge in [0.2, 0.25) is 5.91 Å². The molecule has 3 unspecified atom stereocenters. The molecule has 18 heavy (non-hydrogen) atoms. The number of hydrogen-bond donors (Lipinski definition) is 2. The van der Waals surface area contributed by atoms with Gasteiger partial charge in [-0.05, 0) is 32.6 Å². The van der Waals surface area contributed by atoms with Gasteiger partial charge in [-0.15, -0.1) is 0 Å². The lowest BCUT2D eigenvalue weighted by Crippen LogP contribution is -2.51. The van der Waals surface area contributed by atoms with Crippen molar-refractivity contribution in [2.45, 2.75) is 44.6 Å². The number of rotatable bonds is 2. The van der Waals surface area contributed by atoms with Crippen LogP contribution in [-0.4, -0.2) is 45.7 Å². The summed E-state index contributed by atoms with van der Waals surface area (Å²) in [5.74, 6) is -1.88. The summed E-state index contributed by atoms with van der Waals surface area (Å²) in [4.78, 5) is 25.1. The number of likely N-dealkylation sites (tertiary alicyclic amines) is 1. The molecule has 1 saturated heterocycles. The number of carboxylic acid groups (broad SMARTS) is 1. The molecule has 2 N–H and O–H groups in total. The van der Waals surface area contributed by atoms with Gasteiger partial charge in [0.15, 0.2) is 0 Å². The number of aliphatic carboxylic acids is 1. The van der Waals surface area contributed by atoms with Crippen molar-refractivity contribution in [1.82, 2.24) is 4.90 Å². The van der Waals surface area contributed by atoms with E-state index in [1.54, 1.807) is 11.8 Å². The first kappa shape index (κ1) is 13.3. The summed E-state index contributed by atoms with van der Waals surface area (Å²) in [6, 6.07) is 0. The second kappa shape index (κ2) is 4.88. The molecule has 1 heterocycles. The van der Waals surface area contributed by atoms with Crippen molar-refractivity contribution in [3.63, 3.8) is 0 Å². The lowest BCUT2D eigenvalue weighted by atomic mass is 9.91. The number of carboxylic acids is 1. The standard InChI is InChI=1S/C13H21NO4/c1-13(18)6-3-7-14(8-13)11(15)9-4-2-5-10(9)12(16)17/h9-10,18H,2-8H2,1H3,(H,16,17). The second-order valence-electron chi connectivity index (χ2n) is 5.84. The van der Waals surface area contributed by atoms with E-state index in [1.807, 2.05) is 0 Å². The lowest BCUT2D eigenvalue weighted by molar-refractivity contribution is -0.151. The van der Waals surface area contributed by atoms with E-state index in [9.17, 15) is 14.7 Å². The summed E-state index contributed by atoms with van der Waals surface area (Å²) in [6.07, 6.45) is 3.54. The summed E-state index contributed by atoms with van der Waals surface area (Å²) < 4.78 is 0. The van der Waals surface area contributed by atoms with Crippen LogP contribution in [0.15, 0.2) is 0 Å². The predicted molar refractivity (Wildman–Crippen MR) is 64.9 cm³/mol. The molecule has 1 amide bonds. The van der Waals surface area contributed by atoms with Gasteiger partial charge in [-0.25, -0.2) is 0 Å². The number of carbonyl (C=O) groups is 2. The van der Waals surface area contributed by atoms with Crippen LogP contribution < -0.4 is 0 Å². The first-order valence-electron chi connectivity index (χ1n) is 6.65. The molecule has 5 nitrogen and oxygen atoms in total. The van der Waals surface area contributed by atoms with Crippen LogP contribution in [0.25, 0.3) is 0 Å². The number of aliphatic hydroxyl groups is 1. The number of amides is 1. The van der Waals surface area contributed by atoms with Gasteiger partial charge in [0, 0.05) is 13.1 Å². The predicted octanol–water partition coefficient (Wildman–Crippen LogP) is 0.861. The van der Waals surface area contributed by atoms with Crippen LogP contribution >= 0.6 is 0 Å². The normalized spacial score (nSPS) is 36.7. The van der Waals surface area contributed by atoms with Crippen LogP contribution in [0.1, 0.15) is 39.0 Å². The number of hydrogen-bond acceptors (Lipinski definition) is 3. The zero-order valence-electron chi connectivity index (χ0n) is 10.8. The largest absolute Gasteiger partial charge is 0.481 e. The van der Waals surface area contributed by atoms with Gasteiger partial charge in [0.05, 0.1) is 17.4 Å². The van der Waals surface area contributed by atoms with Crippen molar-refractivity contribution in [2.75, 3.05) is 13.1 Å². The van der Waals surface area contributed by atoms with E-state index in [0.29, 0.717) is 32.4 Å². The third-order valence-corrected chi connectivity index (χ3v) is 4.14. The van der Waals surface area contributed by atoms with Crippen molar-refractivity contribution in [1.29, 1.82) is 0 Å². The quantitative estimate of drug-likeness (QED) is 0.767. The fraction of sp³-hybridized carbons (Fsp3) is 0.846. The maximum atomic E-state index is 12.4. The molecule has 1 saturated carbocycles. The van der Waals surface area contributed by atoms with Crippen molar-refractivity contribution < 1.29 is 19.8 Å². The van der Waals surface area contributed by atoms with E-state index >= 15 is 0 Å². The minimum absolute atomic E-state index is 0.0834. The Hall–Kier alpha value is -1.10. The molecule has 0 aromatic carbocycles. The van der Waals surface area contributed by atoms with E-state index < -0.39 is 23.4 Å². The van der Waals surface area contributed by atoms with Gasteiger partial charge in [0.1, 0.15) is 0 Å². The fourth-order valence-corrected chi connectivity index (χ4v) is 3.19. The van der Waals surface area contributed by atoms with E-state index in [1.165, 1.54) is 0 Å². The molecule has 2 aliphatic rings. The molecule has 0 radical (unpaired) electrons. The molecular weight excluding hydrogens is 234 g/mol. The van der Waals surface area contributed by atoms with Crippen LogP contribution in [0.4, 0.5) is 0 Å². The van der Waals surface area contributed by atoms with E-state index in [4.69, 9.17) is 5.11 Å². The Morgan fingerprint density at radius 3 is 2.50 bits per heavy atom. The number of piperidine rings is 1. The summed E-state index contributed by atoms with van der Waals surface area (Å²) in [5, 5.41) is 19.1. The van der Waals surface area contributed by atoms with Gasteiger partial charge >= 0.3 is 5.97 Å². The van der Waals surface area contributed by atoms with Crippen molar-refractivity contribution in [2.24, 2.45) is 11.8 Å². The Morgan fingerprint density at radius 2 is 1.89 bits per heavy atom. The third-order valence-electron chi connectivity index (χ3n) is 4.14. The van der Waals surface area contributed by atoms with Gasteiger partial charge < -0.3 is 15.1 Å². The molecule has 102 valence electrons. The van der Waals surface area contributed by atoms with Gasteiger partial charge in [-0.1, -0.05) is 6.42 Å².